The van der Waals surface area contributed by atoms with Crippen LogP contribution >= 0.6 is 0 Å². The molecule has 0 aliphatic heterocycles. The molecule has 104 valence electrons. The highest BCUT2D eigenvalue weighted by atomic mass is 16.2. The van der Waals surface area contributed by atoms with E-state index in [2.05, 4.69) is 10.6 Å². The first-order valence-electron chi connectivity index (χ1n) is 6.38. The van der Waals surface area contributed by atoms with Crippen molar-refractivity contribution in [3.63, 3.8) is 0 Å². The number of hydrogen-bond acceptors (Lipinski definition) is 3. The first kappa shape index (κ1) is 15.2. The van der Waals surface area contributed by atoms with Crippen LogP contribution in [0.15, 0.2) is 30.3 Å². The van der Waals surface area contributed by atoms with Gasteiger partial charge in [0.25, 0.3) is 0 Å². The Morgan fingerprint density at radius 1 is 1.21 bits per heavy atom. The van der Waals surface area contributed by atoms with Crippen LogP contribution in [-0.4, -0.2) is 24.4 Å². The molecule has 5 nitrogen and oxygen atoms in total. The van der Waals surface area contributed by atoms with Gasteiger partial charge in [0.2, 0.25) is 11.8 Å². The molecule has 2 amide bonds. The van der Waals surface area contributed by atoms with Gasteiger partial charge in [0.05, 0.1) is 0 Å². The van der Waals surface area contributed by atoms with Crippen molar-refractivity contribution >= 4 is 11.8 Å². The molecule has 0 spiro atoms. The second-order valence-corrected chi connectivity index (χ2v) is 4.65. The summed E-state index contributed by atoms with van der Waals surface area (Å²) < 4.78 is 0. The van der Waals surface area contributed by atoms with Gasteiger partial charge in [-0.05, 0) is 19.4 Å². The highest BCUT2D eigenvalue weighted by Gasteiger charge is 2.15. The van der Waals surface area contributed by atoms with Gasteiger partial charge in [0, 0.05) is 19.0 Å². The number of carbonyl (C=O) groups excluding carboxylic acids is 2. The predicted molar refractivity (Wildman–Crippen MR) is 74.3 cm³/mol. The monoisotopic (exact) mass is 263 g/mol. The zero-order chi connectivity index (χ0) is 14.3. The van der Waals surface area contributed by atoms with Gasteiger partial charge in [0.1, 0.15) is 6.04 Å². The second-order valence-electron chi connectivity index (χ2n) is 4.65. The summed E-state index contributed by atoms with van der Waals surface area (Å²) in [6.45, 7) is 4.07. The third-order valence-corrected chi connectivity index (χ3v) is 2.54. The first-order valence-corrected chi connectivity index (χ1v) is 6.38. The number of nitrogens with one attached hydrogen (secondary N) is 2. The van der Waals surface area contributed by atoms with Gasteiger partial charge in [-0.3, -0.25) is 9.59 Å². The predicted octanol–water partition coefficient (Wildman–Crippen LogP) is 0.717. The molecular formula is C14H21N3O2. The molecule has 1 aromatic rings. The Balaban J connectivity index is 2.34. The van der Waals surface area contributed by atoms with Gasteiger partial charge in [0.15, 0.2) is 0 Å². The van der Waals surface area contributed by atoms with E-state index in [-0.39, 0.29) is 30.8 Å². The van der Waals surface area contributed by atoms with Crippen LogP contribution in [0, 0.1) is 0 Å². The van der Waals surface area contributed by atoms with Crippen molar-refractivity contribution in [2.75, 3.05) is 6.54 Å². The number of amides is 2. The molecule has 1 aromatic carbocycles. The first-order chi connectivity index (χ1) is 9.00. The van der Waals surface area contributed by atoms with Crippen LogP contribution in [0.2, 0.25) is 0 Å². The molecule has 0 unspecified atom stereocenters. The van der Waals surface area contributed by atoms with Crippen molar-refractivity contribution in [2.24, 2.45) is 5.73 Å². The maximum Gasteiger partial charge on any atom is 0.241 e. The summed E-state index contributed by atoms with van der Waals surface area (Å²) in [4.78, 5) is 23.2. The van der Waals surface area contributed by atoms with E-state index in [0.29, 0.717) is 0 Å². The molecule has 4 N–H and O–H groups in total. The fraction of sp³-hybridized carbons (Fsp3) is 0.429. The number of nitrogens with two attached hydrogens (primary N) is 1. The summed E-state index contributed by atoms with van der Waals surface area (Å²) in [6, 6.07) is 8.54. The summed E-state index contributed by atoms with van der Waals surface area (Å²) in [5.74, 6) is -0.355. The smallest absolute Gasteiger partial charge is 0.241 e. The molecule has 1 rings (SSSR count). The number of hydrogen-bond donors (Lipinski definition) is 3. The maximum atomic E-state index is 11.8. The Morgan fingerprint density at radius 2 is 1.84 bits per heavy atom. The molecule has 0 aliphatic carbocycles. The van der Waals surface area contributed by atoms with Crippen molar-refractivity contribution in [3.8, 4) is 0 Å². The molecule has 0 aromatic heterocycles. The van der Waals surface area contributed by atoms with Gasteiger partial charge in [-0.15, -0.1) is 0 Å². The molecule has 1 atom stereocenters. The SMILES string of the molecule is CC(C)NC(=O)CCNC(=O)[C@@H](N)c1ccccc1. The van der Waals surface area contributed by atoms with Crippen LogP contribution in [0.1, 0.15) is 31.9 Å². The van der Waals surface area contributed by atoms with Crippen LogP contribution in [-0.2, 0) is 9.59 Å². The summed E-state index contributed by atoms with van der Waals surface area (Å²) in [5.41, 5.74) is 6.58. The van der Waals surface area contributed by atoms with Crippen LogP contribution in [0.5, 0.6) is 0 Å². The average molecular weight is 263 g/mol. The molecule has 0 aliphatic rings. The van der Waals surface area contributed by atoms with Crippen LogP contribution in [0.4, 0.5) is 0 Å². The molecule has 0 bridgehead atoms. The van der Waals surface area contributed by atoms with Gasteiger partial charge < -0.3 is 16.4 Å². The third kappa shape index (κ3) is 5.52. The molecule has 0 saturated carbocycles. The van der Waals surface area contributed by atoms with Gasteiger partial charge in [-0.2, -0.15) is 0 Å². The van der Waals surface area contributed by atoms with E-state index in [1.54, 1.807) is 12.1 Å². The van der Waals surface area contributed by atoms with Gasteiger partial charge >= 0.3 is 0 Å². The molecule has 19 heavy (non-hydrogen) atoms. The van der Waals surface area contributed by atoms with Crippen LogP contribution in [0.3, 0.4) is 0 Å². The van der Waals surface area contributed by atoms with E-state index in [4.69, 9.17) is 5.73 Å². The Labute approximate surface area is 113 Å². The highest BCUT2D eigenvalue weighted by molar-refractivity contribution is 5.83. The van der Waals surface area contributed by atoms with E-state index in [0.717, 1.165) is 5.56 Å². The zero-order valence-corrected chi connectivity index (χ0v) is 11.3. The Hall–Kier alpha value is -1.88. The molecule has 0 saturated heterocycles. The van der Waals surface area contributed by atoms with Crippen LogP contribution < -0.4 is 16.4 Å². The number of benzene rings is 1. The molecule has 5 heteroatoms. The molecular weight excluding hydrogens is 242 g/mol. The zero-order valence-electron chi connectivity index (χ0n) is 11.3. The summed E-state index contributed by atoms with van der Waals surface area (Å²) in [7, 11) is 0. The van der Waals surface area contributed by atoms with Gasteiger partial charge in [-0.25, -0.2) is 0 Å². The Bertz CT molecular complexity index is 418. The summed E-state index contributed by atoms with van der Waals surface area (Å²) in [6.07, 6.45) is 0.255. The Kier molecular flexibility index (Phi) is 6.02. The molecule has 0 heterocycles. The van der Waals surface area contributed by atoms with E-state index >= 15 is 0 Å². The van der Waals surface area contributed by atoms with E-state index in [1.807, 2.05) is 32.0 Å². The van der Waals surface area contributed by atoms with Crippen LogP contribution in [0.25, 0.3) is 0 Å². The lowest BCUT2D eigenvalue weighted by molar-refractivity contribution is -0.123. The third-order valence-electron chi connectivity index (χ3n) is 2.54. The van der Waals surface area contributed by atoms with Crippen molar-refractivity contribution < 1.29 is 9.59 Å². The fourth-order valence-electron chi connectivity index (χ4n) is 1.62. The number of rotatable bonds is 6. The quantitative estimate of drug-likeness (QED) is 0.707. The standard InChI is InChI=1S/C14H21N3O2/c1-10(2)17-12(18)8-9-16-14(19)13(15)11-6-4-3-5-7-11/h3-7,10,13H,8-9,15H2,1-2H3,(H,16,19)(H,17,18)/t13-/m0/s1. The normalized spacial score (nSPS) is 12.0. The molecule has 0 radical (unpaired) electrons. The summed E-state index contributed by atoms with van der Waals surface area (Å²) in [5, 5.41) is 5.42. The van der Waals surface area contributed by atoms with E-state index < -0.39 is 6.04 Å². The van der Waals surface area contributed by atoms with Crippen molar-refractivity contribution in [2.45, 2.75) is 32.4 Å². The molecule has 0 fully saturated rings. The van der Waals surface area contributed by atoms with Gasteiger partial charge in [-0.1, -0.05) is 30.3 Å². The fourth-order valence-corrected chi connectivity index (χ4v) is 1.62. The maximum absolute atomic E-state index is 11.8. The lowest BCUT2D eigenvalue weighted by Gasteiger charge is -2.13. The van der Waals surface area contributed by atoms with E-state index in [9.17, 15) is 9.59 Å². The Morgan fingerprint density at radius 3 is 2.42 bits per heavy atom. The minimum absolute atomic E-state index is 0.0800. The van der Waals surface area contributed by atoms with Crippen molar-refractivity contribution in [1.82, 2.24) is 10.6 Å². The lowest BCUT2D eigenvalue weighted by atomic mass is 10.1. The average Bonchev–Trinajstić information content (AvgIpc) is 2.37. The van der Waals surface area contributed by atoms with Crippen molar-refractivity contribution in [3.05, 3.63) is 35.9 Å². The topological polar surface area (TPSA) is 84.2 Å². The number of carbonyl (C=O) groups is 2. The van der Waals surface area contributed by atoms with E-state index in [1.165, 1.54) is 0 Å². The lowest BCUT2D eigenvalue weighted by Crippen LogP contribution is -2.37. The second kappa shape index (κ2) is 7.53. The highest BCUT2D eigenvalue weighted by Crippen LogP contribution is 2.08. The summed E-state index contributed by atoms with van der Waals surface area (Å²) >= 11 is 0. The van der Waals surface area contributed by atoms with Crippen molar-refractivity contribution in [1.29, 1.82) is 0 Å². The largest absolute Gasteiger partial charge is 0.354 e. The minimum Gasteiger partial charge on any atom is -0.354 e. The minimum atomic E-state index is -0.700.